The standard InChI is InChI=1S/C12H24N4O3/c1-12(2,19)8-15-3-5-16(6-4-15)11(18)9(13)7-10(14)17/h9,19H,3-8,13H2,1-2H3,(H2,14,17). The summed E-state index contributed by atoms with van der Waals surface area (Å²) in [5.74, 6) is -0.803. The number of amides is 2. The number of nitrogens with two attached hydrogens (primary N) is 2. The monoisotopic (exact) mass is 272 g/mol. The number of carbonyl (C=O) groups excluding carboxylic acids is 2. The summed E-state index contributed by atoms with van der Waals surface area (Å²) in [6, 6.07) is -0.849. The van der Waals surface area contributed by atoms with Crippen LogP contribution in [0.25, 0.3) is 0 Å². The van der Waals surface area contributed by atoms with Gasteiger partial charge in [-0.15, -0.1) is 0 Å². The van der Waals surface area contributed by atoms with E-state index in [1.165, 1.54) is 0 Å². The van der Waals surface area contributed by atoms with E-state index < -0.39 is 17.6 Å². The third kappa shape index (κ3) is 5.54. The van der Waals surface area contributed by atoms with E-state index in [1.54, 1.807) is 18.7 Å². The molecule has 5 N–H and O–H groups in total. The number of primary amides is 1. The highest BCUT2D eigenvalue weighted by molar-refractivity contribution is 5.87. The van der Waals surface area contributed by atoms with Crippen LogP contribution in [-0.4, -0.2) is 71.1 Å². The first-order chi connectivity index (χ1) is 8.69. The van der Waals surface area contributed by atoms with E-state index in [0.29, 0.717) is 32.7 Å². The van der Waals surface area contributed by atoms with Gasteiger partial charge < -0.3 is 21.5 Å². The maximum Gasteiger partial charge on any atom is 0.240 e. The molecule has 1 aliphatic rings. The topological polar surface area (TPSA) is 113 Å². The van der Waals surface area contributed by atoms with Gasteiger partial charge in [-0.1, -0.05) is 0 Å². The van der Waals surface area contributed by atoms with Crippen LogP contribution in [0.15, 0.2) is 0 Å². The van der Waals surface area contributed by atoms with Crippen molar-refractivity contribution >= 4 is 11.8 Å². The van der Waals surface area contributed by atoms with Crippen LogP contribution in [0.4, 0.5) is 0 Å². The fraction of sp³-hybridized carbons (Fsp3) is 0.833. The summed E-state index contributed by atoms with van der Waals surface area (Å²) in [5.41, 5.74) is 9.92. The van der Waals surface area contributed by atoms with Crippen LogP contribution in [0.5, 0.6) is 0 Å². The minimum atomic E-state index is -0.849. The van der Waals surface area contributed by atoms with Crippen molar-refractivity contribution in [3.05, 3.63) is 0 Å². The van der Waals surface area contributed by atoms with Crippen molar-refractivity contribution in [2.24, 2.45) is 11.5 Å². The first-order valence-corrected chi connectivity index (χ1v) is 6.46. The average molecular weight is 272 g/mol. The Morgan fingerprint density at radius 1 is 1.26 bits per heavy atom. The Balaban J connectivity index is 2.41. The molecule has 19 heavy (non-hydrogen) atoms. The van der Waals surface area contributed by atoms with Gasteiger partial charge in [0.1, 0.15) is 0 Å². The zero-order chi connectivity index (χ0) is 14.6. The van der Waals surface area contributed by atoms with Gasteiger partial charge in [0.25, 0.3) is 0 Å². The van der Waals surface area contributed by atoms with Gasteiger partial charge in [0.15, 0.2) is 0 Å². The van der Waals surface area contributed by atoms with Gasteiger partial charge >= 0.3 is 0 Å². The minimum Gasteiger partial charge on any atom is -0.389 e. The molecule has 0 spiro atoms. The maximum absolute atomic E-state index is 12.0. The molecule has 1 atom stereocenters. The summed E-state index contributed by atoms with van der Waals surface area (Å²) in [7, 11) is 0. The molecule has 1 aliphatic heterocycles. The highest BCUT2D eigenvalue weighted by Crippen LogP contribution is 2.09. The largest absolute Gasteiger partial charge is 0.389 e. The zero-order valence-corrected chi connectivity index (χ0v) is 11.6. The lowest BCUT2D eigenvalue weighted by Gasteiger charge is -2.38. The van der Waals surface area contributed by atoms with Crippen molar-refractivity contribution in [3.63, 3.8) is 0 Å². The van der Waals surface area contributed by atoms with E-state index in [-0.39, 0.29) is 12.3 Å². The number of rotatable bonds is 5. The predicted octanol–water partition coefficient (Wildman–Crippen LogP) is -1.90. The molecule has 1 unspecified atom stereocenters. The molecule has 0 aromatic carbocycles. The molecule has 110 valence electrons. The van der Waals surface area contributed by atoms with Crippen molar-refractivity contribution in [2.45, 2.75) is 31.9 Å². The molecule has 1 rings (SSSR count). The molecule has 1 fully saturated rings. The van der Waals surface area contributed by atoms with Crippen molar-refractivity contribution < 1.29 is 14.7 Å². The van der Waals surface area contributed by atoms with Crippen LogP contribution in [0.2, 0.25) is 0 Å². The van der Waals surface area contributed by atoms with E-state index in [9.17, 15) is 14.7 Å². The Hall–Kier alpha value is -1.18. The first kappa shape index (κ1) is 15.9. The number of nitrogens with zero attached hydrogens (tertiary/aromatic N) is 2. The number of β-amino-alcohol motifs (C(OH)–C–C–N with tert-alkyl or cyclic N) is 1. The Bertz CT molecular complexity index is 332. The number of hydrogen-bond donors (Lipinski definition) is 3. The van der Waals surface area contributed by atoms with Crippen molar-refractivity contribution in [3.8, 4) is 0 Å². The Morgan fingerprint density at radius 2 is 1.79 bits per heavy atom. The molecule has 2 amide bonds. The second kappa shape index (κ2) is 6.31. The zero-order valence-electron chi connectivity index (χ0n) is 11.6. The second-order valence-electron chi connectivity index (χ2n) is 5.69. The molecule has 0 bridgehead atoms. The van der Waals surface area contributed by atoms with Gasteiger partial charge in [-0.2, -0.15) is 0 Å². The van der Waals surface area contributed by atoms with Gasteiger partial charge in [-0.25, -0.2) is 0 Å². The van der Waals surface area contributed by atoms with Crippen LogP contribution >= 0.6 is 0 Å². The maximum atomic E-state index is 12.0. The highest BCUT2D eigenvalue weighted by Gasteiger charge is 2.27. The molecule has 0 aromatic heterocycles. The number of piperazine rings is 1. The number of carbonyl (C=O) groups is 2. The van der Waals surface area contributed by atoms with Crippen molar-refractivity contribution in [1.82, 2.24) is 9.80 Å². The summed E-state index contributed by atoms with van der Waals surface area (Å²) in [6.07, 6.45) is -0.122. The van der Waals surface area contributed by atoms with Gasteiger partial charge in [0.05, 0.1) is 18.1 Å². The molecule has 1 saturated heterocycles. The molecule has 1 heterocycles. The lowest BCUT2D eigenvalue weighted by Crippen LogP contribution is -2.55. The third-order valence-corrected chi connectivity index (χ3v) is 3.03. The molecule has 0 saturated carbocycles. The normalized spacial score (nSPS) is 19.3. The third-order valence-electron chi connectivity index (χ3n) is 3.03. The fourth-order valence-electron chi connectivity index (χ4n) is 2.21. The number of aliphatic hydroxyl groups is 1. The highest BCUT2D eigenvalue weighted by atomic mass is 16.3. The van der Waals surface area contributed by atoms with Crippen molar-refractivity contribution in [1.29, 1.82) is 0 Å². The summed E-state index contributed by atoms with van der Waals surface area (Å²) in [4.78, 5) is 26.4. The van der Waals surface area contributed by atoms with Gasteiger partial charge in [-0.05, 0) is 13.8 Å². The van der Waals surface area contributed by atoms with Crippen LogP contribution < -0.4 is 11.5 Å². The number of hydrogen-bond acceptors (Lipinski definition) is 5. The Morgan fingerprint density at radius 3 is 2.21 bits per heavy atom. The summed E-state index contributed by atoms with van der Waals surface area (Å²) in [5, 5.41) is 9.74. The van der Waals surface area contributed by atoms with Gasteiger partial charge in [0.2, 0.25) is 11.8 Å². The molecule has 0 aliphatic carbocycles. The van der Waals surface area contributed by atoms with Crippen LogP contribution in [-0.2, 0) is 9.59 Å². The van der Waals surface area contributed by atoms with Gasteiger partial charge in [0, 0.05) is 32.7 Å². The van der Waals surface area contributed by atoms with E-state index in [0.717, 1.165) is 0 Å². The van der Waals surface area contributed by atoms with E-state index in [1.807, 2.05) is 0 Å². The fourth-order valence-corrected chi connectivity index (χ4v) is 2.21. The molecular weight excluding hydrogens is 248 g/mol. The van der Waals surface area contributed by atoms with Crippen LogP contribution in [0.3, 0.4) is 0 Å². The van der Waals surface area contributed by atoms with Crippen LogP contribution in [0.1, 0.15) is 20.3 Å². The Kier molecular flexibility index (Phi) is 5.28. The van der Waals surface area contributed by atoms with Crippen LogP contribution in [0, 0.1) is 0 Å². The SMILES string of the molecule is CC(C)(O)CN1CCN(C(=O)C(N)CC(N)=O)CC1. The van der Waals surface area contributed by atoms with E-state index >= 15 is 0 Å². The predicted molar refractivity (Wildman–Crippen MR) is 71.1 cm³/mol. The molecular formula is C12H24N4O3. The Labute approximate surface area is 113 Å². The lowest BCUT2D eigenvalue weighted by atomic mass is 10.1. The minimum absolute atomic E-state index is 0.122. The average Bonchev–Trinajstić information content (AvgIpc) is 2.26. The molecule has 0 radical (unpaired) electrons. The molecule has 7 nitrogen and oxygen atoms in total. The molecule has 0 aromatic rings. The molecule has 7 heteroatoms. The summed E-state index contributed by atoms with van der Waals surface area (Å²) in [6.45, 7) is 6.59. The van der Waals surface area contributed by atoms with E-state index in [2.05, 4.69) is 4.90 Å². The summed E-state index contributed by atoms with van der Waals surface area (Å²) < 4.78 is 0. The van der Waals surface area contributed by atoms with Gasteiger partial charge in [-0.3, -0.25) is 14.5 Å². The smallest absolute Gasteiger partial charge is 0.240 e. The van der Waals surface area contributed by atoms with Crippen molar-refractivity contribution in [2.75, 3.05) is 32.7 Å². The lowest BCUT2D eigenvalue weighted by molar-refractivity contribution is -0.136. The summed E-state index contributed by atoms with van der Waals surface area (Å²) >= 11 is 0. The quantitative estimate of drug-likeness (QED) is 0.541. The second-order valence-corrected chi connectivity index (χ2v) is 5.69. The first-order valence-electron chi connectivity index (χ1n) is 6.46. The van der Waals surface area contributed by atoms with E-state index in [4.69, 9.17) is 11.5 Å².